The lowest BCUT2D eigenvalue weighted by atomic mass is 9.84. The monoisotopic (exact) mass is 566 g/mol. The number of benzene rings is 2. The molecule has 0 aromatic heterocycles. The van der Waals surface area contributed by atoms with Gasteiger partial charge in [-0.25, -0.2) is 4.79 Å². The number of methoxy groups -OCH3 is 2. The van der Waals surface area contributed by atoms with Crippen LogP contribution in [0.3, 0.4) is 0 Å². The van der Waals surface area contributed by atoms with E-state index in [0.29, 0.717) is 24.5 Å². The summed E-state index contributed by atoms with van der Waals surface area (Å²) in [7, 11) is 3.11. The number of nitrogens with zero attached hydrogens (tertiary/aromatic N) is 1. The lowest BCUT2D eigenvalue weighted by Gasteiger charge is -2.46. The maximum absolute atomic E-state index is 14.2. The van der Waals surface area contributed by atoms with Gasteiger partial charge in [0.15, 0.2) is 11.5 Å². The van der Waals surface area contributed by atoms with Gasteiger partial charge in [0.05, 0.1) is 45.6 Å². The molecule has 0 bridgehead atoms. The molecule has 2 aromatic carbocycles. The number of hydrogen-bond acceptors (Lipinski definition) is 7. The van der Waals surface area contributed by atoms with Crippen molar-refractivity contribution in [3.63, 3.8) is 0 Å². The van der Waals surface area contributed by atoms with Crippen molar-refractivity contribution in [1.82, 2.24) is 10.2 Å². The molecule has 0 aliphatic carbocycles. The fraction of sp³-hybridized carbons (Fsp3) is 0.438. The van der Waals surface area contributed by atoms with E-state index in [1.807, 2.05) is 42.5 Å². The molecular weight excluding hydrogens is 524 g/mol. The molecule has 0 fully saturated rings. The number of fused-ring (bicyclic) bond motifs is 1. The maximum Gasteiger partial charge on any atom is 0.408 e. The Kier molecular flexibility index (Phi) is 11.0. The highest BCUT2D eigenvalue weighted by Gasteiger charge is 2.43. The highest BCUT2D eigenvalue weighted by atomic mass is 16.6. The summed E-state index contributed by atoms with van der Waals surface area (Å²) >= 11 is 0. The molecule has 41 heavy (non-hydrogen) atoms. The highest BCUT2D eigenvalue weighted by Crippen LogP contribution is 2.41. The van der Waals surface area contributed by atoms with Crippen molar-refractivity contribution in [2.24, 2.45) is 0 Å². The van der Waals surface area contributed by atoms with Crippen molar-refractivity contribution in [3.05, 3.63) is 84.5 Å². The van der Waals surface area contributed by atoms with E-state index in [2.05, 4.69) is 18.5 Å². The van der Waals surface area contributed by atoms with E-state index in [-0.39, 0.29) is 13.0 Å². The van der Waals surface area contributed by atoms with E-state index in [4.69, 9.17) is 18.9 Å². The van der Waals surface area contributed by atoms with E-state index in [1.165, 1.54) is 6.08 Å². The van der Waals surface area contributed by atoms with Gasteiger partial charge in [0, 0.05) is 0 Å². The number of aliphatic hydroxyl groups is 1. The number of hydrogen-bond donors (Lipinski definition) is 2. The standard InChI is InChI=1S/C32H42N2O7/c1-8-13-27(35)25-16-22-17-28(38-6)29(39-7)18-23(22)26(20-40-19-21-14-11-10-12-15-21)34(25)30(36)24(9-2)33-31(37)41-32(3,4)5/h8-12,14-15,17-18,24-27,35H,1-2,13,16,19-20H2,3-7H3,(H,33,37)/t24?,25-,26-,27+/m0/s1. The quantitative estimate of drug-likeness (QED) is 0.358. The first-order chi connectivity index (χ1) is 19.5. The predicted octanol–water partition coefficient (Wildman–Crippen LogP) is 4.73. The number of aliphatic hydroxyl groups excluding tert-OH is 1. The minimum atomic E-state index is -1.11. The van der Waals surface area contributed by atoms with Crippen molar-refractivity contribution in [2.75, 3.05) is 20.8 Å². The van der Waals surface area contributed by atoms with Crippen LogP contribution in [-0.4, -0.2) is 66.6 Å². The third kappa shape index (κ3) is 8.11. The second kappa shape index (κ2) is 14.2. The zero-order valence-electron chi connectivity index (χ0n) is 24.6. The van der Waals surface area contributed by atoms with Crippen LogP contribution < -0.4 is 14.8 Å². The molecule has 1 aliphatic rings. The van der Waals surface area contributed by atoms with Crippen LogP contribution in [0.4, 0.5) is 4.79 Å². The molecule has 9 heteroatoms. The molecule has 2 amide bonds. The summed E-state index contributed by atoms with van der Waals surface area (Å²) in [5.74, 6) is 0.596. The topological polar surface area (TPSA) is 107 Å². The van der Waals surface area contributed by atoms with Crippen LogP contribution in [0.15, 0.2) is 67.8 Å². The van der Waals surface area contributed by atoms with E-state index in [9.17, 15) is 14.7 Å². The fourth-order valence-corrected chi connectivity index (χ4v) is 4.94. The molecule has 2 aromatic rings. The minimum absolute atomic E-state index is 0.122. The molecule has 0 spiro atoms. The zero-order valence-corrected chi connectivity index (χ0v) is 24.6. The zero-order chi connectivity index (χ0) is 30.2. The molecule has 4 atom stereocenters. The Morgan fingerprint density at radius 2 is 1.78 bits per heavy atom. The van der Waals surface area contributed by atoms with Gasteiger partial charge in [-0.05, 0) is 62.4 Å². The van der Waals surface area contributed by atoms with Crippen LogP contribution >= 0.6 is 0 Å². The average molecular weight is 567 g/mol. The van der Waals surface area contributed by atoms with E-state index >= 15 is 0 Å². The van der Waals surface area contributed by atoms with E-state index in [0.717, 1.165) is 16.7 Å². The fourth-order valence-electron chi connectivity index (χ4n) is 4.94. The Morgan fingerprint density at radius 3 is 2.37 bits per heavy atom. The summed E-state index contributed by atoms with van der Waals surface area (Å²) in [6, 6.07) is 11.0. The van der Waals surface area contributed by atoms with Crippen LogP contribution in [0.2, 0.25) is 0 Å². The maximum atomic E-state index is 14.2. The summed E-state index contributed by atoms with van der Waals surface area (Å²) < 4.78 is 22.7. The number of nitrogens with one attached hydrogen (secondary N) is 1. The molecule has 1 aliphatic heterocycles. The summed E-state index contributed by atoms with van der Waals surface area (Å²) in [4.78, 5) is 28.4. The van der Waals surface area contributed by atoms with Crippen LogP contribution in [0.5, 0.6) is 11.5 Å². The van der Waals surface area contributed by atoms with E-state index in [1.54, 1.807) is 46.0 Å². The molecule has 0 radical (unpaired) electrons. The van der Waals surface area contributed by atoms with Gasteiger partial charge in [-0.15, -0.1) is 13.2 Å². The predicted molar refractivity (Wildman–Crippen MR) is 157 cm³/mol. The minimum Gasteiger partial charge on any atom is -0.493 e. The Hall–Kier alpha value is -3.82. The Labute approximate surface area is 242 Å². The second-order valence-corrected chi connectivity index (χ2v) is 10.9. The third-order valence-electron chi connectivity index (χ3n) is 6.79. The highest BCUT2D eigenvalue weighted by molar-refractivity contribution is 5.88. The molecular formula is C32H42N2O7. The average Bonchev–Trinajstić information content (AvgIpc) is 2.94. The lowest BCUT2D eigenvalue weighted by Crippen LogP contribution is -2.58. The van der Waals surface area contributed by atoms with Crippen LogP contribution in [0.25, 0.3) is 0 Å². The first kappa shape index (κ1) is 31.7. The first-order valence-corrected chi connectivity index (χ1v) is 13.6. The van der Waals surface area contributed by atoms with Gasteiger partial charge in [0.2, 0.25) is 5.91 Å². The Morgan fingerprint density at radius 1 is 1.12 bits per heavy atom. The number of carbonyl (C=O) groups is 2. The number of ether oxygens (including phenoxy) is 4. The molecule has 0 saturated carbocycles. The summed E-state index contributed by atoms with van der Waals surface area (Å²) in [6.07, 6.45) is 1.88. The number of amides is 2. The molecule has 1 unspecified atom stereocenters. The van der Waals surface area contributed by atoms with Crippen LogP contribution in [0, 0.1) is 0 Å². The van der Waals surface area contributed by atoms with Gasteiger partial charge >= 0.3 is 6.09 Å². The second-order valence-electron chi connectivity index (χ2n) is 10.9. The van der Waals surface area contributed by atoms with E-state index < -0.39 is 41.8 Å². The van der Waals surface area contributed by atoms with Crippen molar-refractivity contribution >= 4 is 12.0 Å². The molecule has 0 saturated heterocycles. The largest absolute Gasteiger partial charge is 0.493 e. The van der Waals surface area contributed by atoms with Crippen molar-refractivity contribution in [1.29, 1.82) is 0 Å². The molecule has 222 valence electrons. The van der Waals surface area contributed by atoms with Gasteiger partial charge in [-0.3, -0.25) is 4.79 Å². The SMILES string of the molecule is C=CC[C@@H](O)[C@@H]1Cc2cc(OC)c(OC)cc2[C@H](COCc2ccccc2)N1C(=O)C(C=C)NC(=O)OC(C)(C)C. The third-order valence-corrected chi connectivity index (χ3v) is 6.79. The Balaban J connectivity index is 2.06. The molecule has 9 nitrogen and oxygen atoms in total. The van der Waals surface area contributed by atoms with Crippen molar-refractivity contribution in [3.8, 4) is 11.5 Å². The summed E-state index contributed by atoms with van der Waals surface area (Å²) in [5, 5.41) is 13.9. The number of carbonyl (C=O) groups excluding carboxylic acids is 2. The van der Waals surface area contributed by atoms with Gasteiger partial charge in [0.25, 0.3) is 0 Å². The summed E-state index contributed by atoms with van der Waals surface area (Å²) in [5.41, 5.74) is 1.91. The smallest absolute Gasteiger partial charge is 0.408 e. The van der Waals surface area contributed by atoms with Gasteiger partial charge in [-0.1, -0.05) is 42.5 Å². The first-order valence-electron chi connectivity index (χ1n) is 13.6. The van der Waals surface area contributed by atoms with Crippen molar-refractivity contribution < 1.29 is 33.6 Å². The summed E-state index contributed by atoms with van der Waals surface area (Å²) in [6.45, 7) is 13.2. The van der Waals surface area contributed by atoms with Crippen LogP contribution in [0.1, 0.15) is 49.9 Å². The van der Waals surface area contributed by atoms with Gasteiger partial charge < -0.3 is 34.3 Å². The van der Waals surface area contributed by atoms with Crippen molar-refractivity contribution in [2.45, 2.75) is 70.1 Å². The van der Waals surface area contributed by atoms with Gasteiger partial charge in [-0.2, -0.15) is 0 Å². The van der Waals surface area contributed by atoms with Crippen LogP contribution in [-0.2, 0) is 27.3 Å². The molecule has 2 N–H and O–H groups in total. The normalized spacial score (nSPS) is 18.0. The Bertz CT molecular complexity index is 1210. The number of rotatable bonds is 12. The molecule has 3 rings (SSSR count). The molecule has 1 heterocycles. The number of alkyl carbamates (subject to hydrolysis) is 1. The van der Waals surface area contributed by atoms with Gasteiger partial charge in [0.1, 0.15) is 11.6 Å². The lowest BCUT2D eigenvalue weighted by molar-refractivity contribution is -0.144.